The molecule has 0 saturated carbocycles. The minimum atomic E-state index is -0.456. The zero-order valence-corrected chi connectivity index (χ0v) is 12.6. The lowest BCUT2D eigenvalue weighted by Gasteiger charge is -2.11. The van der Waals surface area contributed by atoms with E-state index in [-0.39, 0.29) is 0 Å². The fraction of sp³-hybridized carbons (Fsp3) is 0.308. The van der Waals surface area contributed by atoms with Gasteiger partial charge in [-0.1, -0.05) is 0 Å². The van der Waals surface area contributed by atoms with E-state index in [9.17, 15) is 9.59 Å². The van der Waals surface area contributed by atoms with E-state index in [2.05, 4.69) is 37.0 Å². The van der Waals surface area contributed by atoms with Gasteiger partial charge < -0.3 is 4.42 Å². The van der Waals surface area contributed by atoms with Gasteiger partial charge in [0.2, 0.25) is 0 Å². The second-order valence-electron chi connectivity index (χ2n) is 4.78. The highest BCUT2D eigenvalue weighted by atomic mass is 79.9. The van der Waals surface area contributed by atoms with Crippen molar-refractivity contribution in [3.8, 4) is 0 Å². The summed E-state index contributed by atoms with van der Waals surface area (Å²) in [5.41, 5.74) is 7.31. The molecule has 21 heavy (non-hydrogen) atoms. The molecule has 3 rings (SSSR count). The van der Waals surface area contributed by atoms with Gasteiger partial charge in [-0.15, -0.1) is 0 Å². The molecule has 1 aliphatic rings. The molecule has 2 aromatic rings. The first-order valence-corrected chi connectivity index (χ1v) is 7.35. The van der Waals surface area contributed by atoms with Crippen LogP contribution in [-0.2, 0) is 12.8 Å². The lowest BCUT2D eigenvalue weighted by molar-refractivity contribution is 0.0843. The molecule has 0 unspecified atom stereocenters. The van der Waals surface area contributed by atoms with Crippen LogP contribution in [0.4, 0.5) is 0 Å². The number of H-pyrrole nitrogens is 1. The monoisotopic (exact) mass is 352 g/mol. The van der Waals surface area contributed by atoms with Gasteiger partial charge >= 0.3 is 0 Å². The van der Waals surface area contributed by atoms with Crippen molar-refractivity contribution in [1.82, 2.24) is 21.0 Å². The van der Waals surface area contributed by atoms with Crippen molar-refractivity contribution in [3.63, 3.8) is 0 Å². The van der Waals surface area contributed by atoms with E-state index in [1.165, 1.54) is 12.3 Å². The van der Waals surface area contributed by atoms with E-state index in [0.717, 1.165) is 36.9 Å². The molecule has 2 amide bonds. The van der Waals surface area contributed by atoms with E-state index in [1.807, 2.05) is 0 Å². The van der Waals surface area contributed by atoms with Crippen LogP contribution in [0, 0.1) is 0 Å². The Morgan fingerprint density at radius 1 is 1.24 bits per heavy atom. The number of aromatic amines is 1. The van der Waals surface area contributed by atoms with Crippen LogP contribution in [0.25, 0.3) is 0 Å². The Morgan fingerprint density at radius 3 is 2.76 bits per heavy atom. The molecule has 0 fully saturated rings. The number of nitrogens with one attached hydrogen (secondary N) is 3. The molecule has 110 valence electrons. The molecule has 0 aromatic carbocycles. The third-order valence-corrected chi connectivity index (χ3v) is 3.81. The highest BCUT2D eigenvalue weighted by Crippen LogP contribution is 2.21. The average Bonchev–Trinajstić information content (AvgIpc) is 3.10. The molecule has 7 nitrogen and oxygen atoms in total. The predicted octanol–water partition coefficient (Wildman–Crippen LogP) is 1.72. The van der Waals surface area contributed by atoms with Gasteiger partial charge in [0.25, 0.3) is 11.8 Å². The second kappa shape index (κ2) is 5.72. The molecule has 0 spiro atoms. The van der Waals surface area contributed by atoms with Crippen LogP contribution < -0.4 is 10.9 Å². The van der Waals surface area contributed by atoms with Crippen molar-refractivity contribution in [2.45, 2.75) is 25.7 Å². The number of amides is 2. The maximum absolute atomic E-state index is 12.1. The van der Waals surface area contributed by atoms with Crippen molar-refractivity contribution in [2.75, 3.05) is 0 Å². The minimum absolute atomic E-state index is 0.311. The lowest BCUT2D eigenvalue weighted by Crippen LogP contribution is -2.42. The predicted molar refractivity (Wildman–Crippen MR) is 76.6 cm³/mol. The van der Waals surface area contributed by atoms with Gasteiger partial charge in [0, 0.05) is 17.3 Å². The van der Waals surface area contributed by atoms with E-state index in [1.54, 1.807) is 0 Å². The van der Waals surface area contributed by atoms with Gasteiger partial charge in [0.15, 0.2) is 10.4 Å². The first kappa shape index (κ1) is 13.9. The normalized spacial score (nSPS) is 13.6. The Kier molecular flexibility index (Phi) is 3.78. The first-order chi connectivity index (χ1) is 10.1. The van der Waals surface area contributed by atoms with Crippen LogP contribution in [0.3, 0.4) is 0 Å². The topological polar surface area (TPSA) is 100 Å². The Balaban J connectivity index is 1.64. The van der Waals surface area contributed by atoms with E-state index in [4.69, 9.17) is 4.42 Å². The summed E-state index contributed by atoms with van der Waals surface area (Å²) in [6.45, 7) is 0. The third kappa shape index (κ3) is 2.85. The van der Waals surface area contributed by atoms with Crippen molar-refractivity contribution in [3.05, 3.63) is 39.5 Å². The molecule has 0 aliphatic heterocycles. The van der Waals surface area contributed by atoms with Crippen LogP contribution in [-0.4, -0.2) is 22.0 Å². The van der Waals surface area contributed by atoms with Crippen LogP contribution in [0.1, 0.15) is 44.9 Å². The zero-order chi connectivity index (χ0) is 14.8. The number of furan rings is 1. The fourth-order valence-electron chi connectivity index (χ4n) is 2.34. The molecule has 0 saturated heterocycles. The molecule has 8 heteroatoms. The summed E-state index contributed by atoms with van der Waals surface area (Å²) in [5.74, 6) is -0.882. The number of aryl methyl sites for hydroxylation is 1. The van der Waals surface area contributed by atoms with Gasteiger partial charge in [0.05, 0.1) is 5.56 Å². The third-order valence-electron chi connectivity index (χ3n) is 3.39. The summed E-state index contributed by atoms with van der Waals surface area (Å²) in [4.78, 5) is 23.9. The van der Waals surface area contributed by atoms with Crippen molar-refractivity contribution in [2.24, 2.45) is 0 Å². The number of halogens is 1. The number of rotatable bonds is 2. The number of fused-ring (bicyclic) bond motifs is 1. The molecular formula is C13H13BrN4O3. The SMILES string of the molecule is O=C(NNC(=O)c1n[nH]c2c1CCCC2)c1coc(Br)c1. The standard InChI is InChI=1S/C13H13BrN4O3/c14-10-5-7(6-21-10)12(19)17-18-13(20)11-8-3-1-2-4-9(8)15-16-11/h5-6H,1-4H2,(H,15,16)(H,17,19)(H,18,20). The van der Waals surface area contributed by atoms with Crippen molar-refractivity contribution < 1.29 is 14.0 Å². The van der Waals surface area contributed by atoms with Gasteiger partial charge in [-0.3, -0.25) is 25.5 Å². The van der Waals surface area contributed by atoms with Gasteiger partial charge in [-0.2, -0.15) is 5.10 Å². The highest BCUT2D eigenvalue weighted by Gasteiger charge is 2.22. The number of nitrogens with zero attached hydrogens (tertiary/aromatic N) is 1. The van der Waals surface area contributed by atoms with E-state index in [0.29, 0.717) is 15.9 Å². The number of carbonyl (C=O) groups excluding carboxylic acids is 2. The number of hydrogen-bond acceptors (Lipinski definition) is 4. The van der Waals surface area contributed by atoms with Crippen molar-refractivity contribution >= 4 is 27.7 Å². The smallest absolute Gasteiger partial charge is 0.290 e. The zero-order valence-electron chi connectivity index (χ0n) is 11.0. The number of hydrazine groups is 1. The highest BCUT2D eigenvalue weighted by molar-refractivity contribution is 9.10. The summed E-state index contributed by atoms with van der Waals surface area (Å²) in [6.07, 6.45) is 5.18. The Labute approximate surface area is 128 Å². The maximum Gasteiger partial charge on any atom is 0.290 e. The Morgan fingerprint density at radius 2 is 2.00 bits per heavy atom. The Bertz CT molecular complexity index is 691. The summed E-state index contributed by atoms with van der Waals surface area (Å²) in [6, 6.07) is 1.51. The van der Waals surface area contributed by atoms with Crippen molar-refractivity contribution in [1.29, 1.82) is 0 Å². The van der Waals surface area contributed by atoms with E-state index < -0.39 is 11.8 Å². The molecule has 2 aromatic heterocycles. The lowest BCUT2D eigenvalue weighted by atomic mass is 9.96. The summed E-state index contributed by atoms with van der Waals surface area (Å²) in [7, 11) is 0. The molecule has 0 atom stereocenters. The van der Waals surface area contributed by atoms with Gasteiger partial charge in [0.1, 0.15) is 6.26 Å². The molecule has 3 N–H and O–H groups in total. The number of hydrogen-bond donors (Lipinski definition) is 3. The number of aromatic nitrogens is 2. The summed E-state index contributed by atoms with van der Waals surface area (Å²) < 4.78 is 5.41. The molecule has 0 radical (unpaired) electrons. The van der Waals surface area contributed by atoms with Gasteiger partial charge in [-0.25, -0.2) is 0 Å². The van der Waals surface area contributed by atoms with Crippen LogP contribution in [0.15, 0.2) is 21.4 Å². The summed E-state index contributed by atoms with van der Waals surface area (Å²) >= 11 is 3.11. The van der Waals surface area contributed by atoms with Crippen LogP contribution in [0.5, 0.6) is 0 Å². The second-order valence-corrected chi connectivity index (χ2v) is 5.57. The van der Waals surface area contributed by atoms with Crippen LogP contribution in [0.2, 0.25) is 0 Å². The van der Waals surface area contributed by atoms with Crippen LogP contribution >= 0.6 is 15.9 Å². The average molecular weight is 353 g/mol. The quantitative estimate of drug-likeness (QED) is 0.716. The molecule has 2 heterocycles. The van der Waals surface area contributed by atoms with Gasteiger partial charge in [-0.05, 0) is 41.6 Å². The largest absolute Gasteiger partial charge is 0.457 e. The maximum atomic E-state index is 12.1. The summed E-state index contributed by atoms with van der Waals surface area (Å²) in [5, 5.41) is 6.92. The molecular weight excluding hydrogens is 340 g/mol. The first-order valence-electron chi connectivity index (χ1n) is 6.56. The minimum Gasteiger partial charge on any atom is -0.457 e. The molecule has 1 aliphatic carbocycles. The fourth-order valence-corrected chi connectivity index (χ4v) is 2.68. The number of carbonyl (C=O) groups is 2. The molecule has 0 bridgehead atoms. The Hall–Kier alpha value is -2.09. The van der Waals surface area contributed by atoms with E-state index >= 15 is 0 Å².